The van der Waals surface area contributed by atoms with Crippen molar-refractivity contribution in [3.8, 4) is 0 Å². The minimum absolute atomic E-state index is 0.0402. The Morgan fingerprint density at radius 1 is 1.07 bits per heavy atom. The van der Waals surface area contributed by atoms with Crippen LogP contribution in [0.25, 0.3) is 0 Å². The van der Waals surface area contributed by atoms with Crippen molar-refractivity contribution < 1.29 is 28.7 Å². The van der Waals surface area contributed by atoms with E-state index in [0.717, 1.165) is 5.56 Å². The van der Waals surface area contributed by atoms with E-state index in [1.54, 1.807) is 6.92 Å². The molecule has 3 N–H and O–H groups in total. The third-order valence-electron chi connectivity index (χ3n) is 4.87. The lowest BCUT2D eigenvalue weighted by atomic mass is 10.0. The van der Waals surface area contributed by atoms with Gasteiger partial charge in [0.1, 0.15) is 23.9 Å². The molecule has 1 aromatic rings. The highest BCUT2D eigenvalue weighted by Crippen LogP contribution is 2.09. The Morgan fingerprint density at radius 3 is 2.33 bits per heavy atom. The van der Waals surface area contributed by atoms with Crippen LogP contribution < -0.4 is 16.0 Å². The summed E-state index contributed by atoms with van der Waals surface area (Å²) >= 11 is 0. The first-order valence-electron chi connectivity index (χ1n) is 9.87. The minimum atomic E-state index is -1.04. The van der Waals surface area contributed by atoms with Gasteiger partial charge in [0, 0.05) is 19.3 Å². The zero-order valence-corrected chi connectivity index (χ0v) is 17.1. The molecule has 0 spiro atoms. The van der Waals surface area contributed by atoms with Gasteiger partial charge in [-0.1, -0.05) is 37.3 Å². The monoisotopic (exact) mass is 417 g/mol. The lowest BCUT2D eigenvalue weighted by molar-refractivity contribution is -0.145. The lowest BCUT2D eigenvalue weighted by Crippen LogP contribution is -2.63. The van der Waals surface area contributed by atoms with Crippen molar-refractivity contribution in [1.29, 1.82) is 0 Å². The molecular weight excluding hydrogens is 390 g/mol. The highest BCUT2D eigenvalue weighted by Gasteiger charge is 2.35. The van der Waals surface area contributed by atoms with Gasteiger partial charge in [0.15, 0.2) is 0 Å². The number of ketones is 1. The summed E-state index contributed by atoms with van der Waals surface area (Å²) in [5.41, 5.74) is 0.900. The van der Waals surface area contributed by atoms with Crippen LogP contribution in [-0.4, -0.2) is 54.7 Å². The largest absolute Gasteiger partial charge is 0.467 e. The van der Waals surface area contributed by atoms with E-state index in [1.165, 1.54) is 7.11 Å². The normalized spacial score (nSPS) is 19.3. The fourth-order valence-corrected chi connectivity index (χ4v) is 3.12. The Balaban J connectivity index is 1.91. The van der Waals surface area contributed by atoms with Crippen LogP contribution in [0.4, 0.5) is 0 Å². The first-order valence-corrected chi connectivity index (χ1v) is 9.87. The van der Waals surface area contributed by atoms with Gasteiger partial charge in [0.2, 0.25) is 17.7 Å². The molecule has 9 nitrogen and oxygen atoms in total. The summed E-state index contributed by atoms with van der Waals surface area (Å²) in [7, 11) is 1.19. The Hall–Kier alpha value is -3.23. The number of amides is 3. The van der Waals surface area contributed by atoms with Crippen molar-refractivity contribution in [2.45, 2.75) is 57.2 Å². The van der Waals surface area contributed by atoms with E-state index in [-0.39, 0.29) is 31.0 Å². The second kappa shape index (κ2) is 11.1. The summed E-state index contributed by atoms with van der Waals surface area (Å²) in [4.78, 5) is 60.4. The van der Waals surface area contributed by atoms with Gasteiger partial charge in [-0.25, -0.2) is 4.79 Å². The second-order valence-corrected chi connectivity index (χ2v) is 7.09. The molecule has 3 atom stereocenters. The Bertz CT molecular complexity index is 795. The smallest absolute Gasteiger partial charge is 0.328 e. The quantitative estimate of drug-likeness (QED) is 0.460. The van der Waals surface area contributed by atoms with Gasteiger partial charge < -0.3 is 20.7 Å². The number of nitrogens with one attached hydrogen (secondary N) is 3. The van der Waals surface area contributed by atoms with Gasteiger partial charge in [-0.2, -0.15) is 0 Å². The fourth-order valence-electron chi connectivity index (χ4n) is 3.12. The molecule has 0 saturated carbocycles. The first kappa shape index (κ1) is 23.1. The summed E-state index contributed by atoms with van der Waals surface area (Å²) in [6.45, 7) is 1.71. The number of carbonyl (C=O) groups excluding carboxylic acids is 5. The minimum Gasteiger partial charge on any atom is -0.467 e. The maximum Gasteiger partial charge on any atom is 0.328 e. The van der Waals surface area contributed by atoms with Crippen LogP contribution in [0.1, 0.15) is 38.2 Å². The van der Waals surface area contributed by atoms with Crippen LogP contribution >= 0.6 is 0 Å². The molecular formula is C21H27N3O6. The maximum atomic E-state index is 12.4. The predicted molar refractivity (Wildman–Crippen MR) is 107 cm³/mol. The molecule has 0 aromatic heterocycles. The summed E-state index contributed by atoms with van der Waals surface area (Å²) in [6, 6.07) is 6.50. The average molecular weight is 417 g/mol. The molecule has 9 heteroatoms. The number of ether oxygens (including phenoxy) is 1. The van der Waals surface area contributed by atoms with Crippen molar-refractivity contribution in [2.75, 3.05) is 7.11 Å². The van der Waals surface area contributed by atoms with E-state index < -0.39 is 35.9 Å². The van der Waals surface area contributed by atoms with Crippen molar-refractivity contribution in [3.05, 3.63) is 35.9 Å². The van der Waals surface area contributed by atoms with Gasteiger partial charge in [-0.15, -0.1) is 0 Å². The molecule has 1 fully saturated rings. The van der Waals surface area contributed by atoms with E-state index in [0.29, 0.717) is 12.8 Å². The molecule has 0 bridgehead atoms. The molecule has 3 amide bonds. The second-order valence-electron chi connectivity index (χ2n) is 7.09. The number of hydrogen-bond donors (Lipinski definition) is 3. The molecule has 0 unspecified atom stereocenters. The van der Waals surface area contributed by atoms with Crippen LogP contribution in [0.3, 0.4) is 0 Å². The standard InChI is InChI=1S/C21H27N3O6/c1-3-14(25)9-10-15(21(29)30-2)22-18(26)12-17-20(28)23-16(19(27)24-17)11-13-7-5-4-6-8-13/h4-8,15-17H,3,9-12H2,1-2H3,(H,22,26)(H,23,28)(H,24,27)/t15-,16+,17+/m1/s1. The van der Waals surface area contributed by atoms with Crippen molar-refractivity contribution in [2.24, 2.45) is 0 Å². The molecule has 1 aromatic carbocycles. The Kier molecular flexibility index (Phi) is 8.52. The molecule has 0 radical (unpaired) electrons. The number of esters is 1. The van der Waals surface area contributed by atoms with Crippen LogP contribution in [-0.2, 0) is 35.1 Å². The SMILES string of the molecule is CCC(=O)CC[C@@H](NC(=O)C[C@@H]1NC(=O)[C@H](Cc2ccccc2)NC1=O)C(=O)OC. The number of piperazine rings is 1. The van der Waals surface area contributed by atoms with Crippen LogP contribution in [0.2, 0.25) is 0 Å². The van der Waals surface area contributed by atoms with Gasteiger partial charge in [0.25, 0.3) is 0 Å². The predicted octanol–water partition coefficient (Wildman–Crippen LogP) is 0.0195. The van der Waals surface area contributed by atoms with Crippen LogP contribution in [0.15, 0.2) is 30.3 Å². The summed E-state index contributed by atoms with van der Waals surface area (Å²) in [5, 5.41) is 7.68. The van der Waals surface area contributed by atoms with Crippen molar-refractivity contribution in [3.63, 3.8) is 0 Å². The number of Topliss-reactive ketones (excluding diaryl/α,β-unsaturated/α-hetero) is 1. The lowest BCUT2D eigenvalue weighted by Gasteiger charge is -2.29. The number of methoxy groups -OCH3 is 1. The molecule has 30 heavy (non-hydrogen) atoms. The van der Waals surface area contributed by atoms with E-state index in [2.05, 4.69) is 20.7 Å². The molecule has 162 valence electrons. The van der Waals surface area contributed by atoms with Gasteiger partial charge >= 0.3 is 5.97 Å². The van der Waals surface area contributed by atoms with Crippen LogP contribution in [0.5, 0.6) is 0 Å². The van der Waals surface area contributed by atoms with Gasteiger partial charge in [0.05, 0.1) is 13.5 Å². The molecule has 1 aliphatic heterocycles. The Morgan fingerprint density at radius 2 is 1.70 bits per heavy atom. The van der Waals surface area contributed by atoms with Gasteiger partial charge in [-0.05, 0) is 12.0 Å². The maximum absolute atomic E-state index is 12.4. The van der Waals surface area contributed by atoms with Gasteiger partial charge in [-0.3, -0.25) is 19.2 Å². The Labute approximate surface area is 174 Å². The molecule has 1 saturated heterocycles. The average Bonchev–Trinajstić information content (AvgIpc) is 2.74. The van der Waals surface area contributed by atoms with Crippen LogP contribution in [0, 0.1) is 0 Å². The van der Waals surface area contributed by atoms with E-state index in [9.17, 15) is 24.0 Å². The zero-order chi connectivity index (χ0) is 22.1. The van der Waals surface area contributed by atoms with E-state index in [1.807, 2.05) is 30.3 Å². The summed E-state index contributed by atoms with van der Waals surface area (Å²) in [6.07, 6.45) is 0.574. The topological polar surface area (TPSA) is 131 Å². The van der Waals surface area contributed by atoms with Crippen molar-refractivity contribution in [1.82, 2.24) is 16.0 Å². The third-order valence-corrected chi connectivity index (χ3v) is 4.87. The van der Waals surface area contributed by atoms with E-state index >= 15 is 0 Å². The highest BCUT2D eigenvalue weighted by atomic mass is 16.5. The zero-order valence-electron chi connectivity index (χ0n) is 17.1. The van der Waals surface area contributed by atoms with Crippen molar-refractivity contribution >= 4 is 29.5 Å². The molecule has 1 aliphatic rings. The third kappa shape index (κ3) is 6.68. The summed E-state index contributed by atoms with van der Waals surface area (Å²) in [5.74, 6) is -2.17. The first-order chi connectivity index (χ1) is 14.3. The fraction of sp³-hybridized carbons (Fsp3) is 0.476. The molecule has 1 heterocycles. The highest BCUT2D eigenvalue weighted by molar-refractivity contribution is 5.99. The number of carbonyl (C=O) groups is 5. The number of benzene rings is 1. The summed E-state index contributed by atoms with van der Waals surface area (Å²) < 4.78 is 4.66. The molecule has 0 aliphatic carbocycles. The van der Waals surface area contributed by atoms with E-state index in [4.69, 9.17) is 0 Å². The number of hydrogen-bond acceptors (Lipinski definition) is 6. The molecule has 2 rings (SSSR count). The number of rotatable bonds is 10.